The average molecular weight is 250 g/mol. The molecule has 1 saturated heterocycles. The molecule has 1 heterocycles. The van der Waals surface area contributed by atoms with Gasteiger partial charge in [0.25, 0.3) is 0 Å². The van der Waals surface area contributed by atoms with Crippen LogP contribution in [0.25, 0.3) is 0 Å². The minimum Gasteiger partial charge on any atom is -0.478 e. The smallest absolute Gasteiger partial charge is 0.337 e. The zero-order valence-electron chi connectivity index (χ0n) is 10.3. The second kappa shape index (κ2) is 5.84. The van der Waals surface area contributed by atoms with Crippen LogP contribution in [0.3, 0.4) is 0 Å². The molecule has 0 saturated carbocycles. The van der Waals surface area contributed by atoms with Crippen molar-refractivity contribution in [2.45, 2.75) is 13.0 Å². The lowest BCUT2D eigenvalue weighted by molar-refractivity contribution is 0.0698. The van der Waals surface area contributed by atoms with E-state index in [1.165, 1.54) is 0 Å². The number of carboxylic acids is 1. The van der Waals surface area contributed by atoms with Gasteiger partial charge in [-0.3, -0.25) is 4.90 Å². The van der Waals surface area contributed by atoms with Crippen LogP contribution in [0.5, 0.6) is 0 Å². The van der Waals surface area contributed by atoms with E-state index in [2.05, 4.69) is 4.90 Å². The highest BCUT2D eigenvalue weighted by molar-refractivity contribution is 5.93. The van der Waals surface area contributed by atoms with Crippen LogP contribution in [0.15, 0.2) is 18.2 Å². The molecule has 1 aromatic carbocycles. The molecule has 98 valence electrons. The maximum absolute atomic E-state index is 11.0. The third kappa shape index (κ3) is 3.21. The Kier molecular flexibility index (Phi) is 4.17. The van der Waals surface area contributed by atoms with Crippen molar-refractivity contribution in [2.24, 2.45) is 0 Å². The van der Waals surface area contributed by atoms with Crippen molar-refractivity contribution in [3.05, 3.63) is 29.3 Å². The number of carboxylic acid groups (broad SMARTS) is 1. The second-order valence-electron chi connectivity index (χ2n) is 4.47. The lowest BCUT2D eigenvalue weighted by Crippen LogP contribution is -2.26. The summed E-state index contributed by atoms with van der Waals surface area (Å²) in [6, 6.07) is 5.20. The van der Waals surface area contributed by atoms with Gasteiger partial charge in [0.2, 0.25) is 0 Å². The highest BCUT2D eigenvalue weighted by atomic mass is 16.5. The van der Waals surface area contributed by atoms with Crippen LogP contribution in [-0.2, 0) is 11.3 Å². The summed E-state index contributed by atoms with van der Waals surface area (Å²) in [6.07, 6.45) is 1.01. The van der Waals surface area contributed by atoms with Gasteiger partial charge in [-0.1, -0.05) is 6.07 Å². The van der Waals surface area contributed by atoms with Gasteiger partial charge in [-0.25, -0.2) is 4.79 Å². The standard InChI is InChI=1S/C13H18N2O3/c14-12-3-2-10(8-11(12)13(16)17)9-15-4-1-6-18-7-5-15/h2-3,8H,1,4-7,9,14H2,(H,16,17). The Morgan fingerprint density at radius 3 is 3.00 bits per heavy atom. The fraction of sp³-hybridized carbons (Fsp3) is 0.462. The summed E-state index contributed by atoms with van der Waals surface area (Å²) in [5.74, 6) is -0.978. The third-order valence-corrected chi connectivity index (χ3v) is 3.07. The minimum atomic E-state index is -0.978. The van der Waals surface area contributed by atoms with E-state index < -0.39 is 5.97 Å². The molecule has 0 bridgehead atoms. The summed E-state index contributed by atoms with van der Waals surface area (Å²) in [6.45, 7) is 4.14. The van der Waals surface area contributed by atoms with Crippen LogP contribution in [0.2, 0.25) is 0 Å². The van der Waals surface area contributed by atoms with E-state index in [1.54, 1.807) is 12.1 Å². The summed E-state index contributed by atoms with van der Waals surface area (Å²) >= 11 is 0. The highest BCUT2D eigenvalue weighted by Crippen LogP contribution is 2.16. The average Bonchev–Trinajstić information content (AvgIpc) is 2.60. The molecule has 1 aromatic rings. The van der Waals surface area contributed by atoms with Gasteiger partial charge in [0.05, 0.1) is 12.2 Å². The predicted molar refractivity (Wildman–Crippen MR) is 68.5 cm³/mol. The maximum atomic E-state index is 11.0. The number of carbonyl (C=O) groups is 1. The van der Waals surface area contributed by atoms with E-state index >= 15 is 0 Å². The summed E-state index contributed by atoms with van der Waals surface area (Å²) < 4.78 is 5.39. The summed E-state index contributed by atoms with van der Waals surface area (Å²) in [4.78, 5) is 13.3. The first kappa shape index (κ1) is 12.9. The number of ether oxygens (including phenoxy) is 1. The molecule has 0 aliphatic carbocycles. The first-order valence-corrected chi connectivity index (χ1v) is 6.08. The fourth-order valence-corrected chi connectivity index (χ4v) is 2.10. The van der Waals surface area contributed by atoms with Crippen molar-refractivity contribution >= 4 is 11.7 Å². The molecule has 0 unspecified atom stereocenters. The van der Waals surface area contributed by atoms with Gasteiger partial charge in [-0.2, -0.15) is 0 Å². The van der Waals surface area contributed by atoms with Gasteiger partial charge in [-0.05, 0) is 24.1 Å². The van der Waals surface area contributed by atoms with Crippen molar-refractivity contribution in [2.75, 3.05) is 32.0 Å². The van der Waals surface area contributed by atoms with Gasteiger partial charge in [-0.15, -0.1) is 0 Å². The van der Waals surface area contributed by atoms with E-state index in [4.69, 9.17) is 15.6 Å². The quantitative estimate of drug-likeness (QED) is 0.788. The van der Waals surface area contributed by atoms with E-state index in [0.29, 0.717) is 5.69 Å². The first-order valence-electron chi connectivity index (χ1n) is 6.08. The molecular formula is C13H18N2O3. The van der Waals surface area contributed by atoms with Gasteiger partial charge in [0, 0.05) is 31.9 Å². The zero-order chi connectivity index (χ0) is 13.0. The van der Waals surface area contributed by atoms with Crippen LogP contribution in [0.1, 0.15) is 22.3 Å². The molecule has 0 radical (unpaired) electrons. The lowest BCUT2D eigenvalue weighted by Gasteiger charge is -2.19. The number of nitrogen functional groups attached to an aromatic ring is 1. The Bertz CT molecular complexity index is 426. The van der Waals surface area contributed by atoms with Crippen molar-refractivity contribution in [1.82, 2.24) is 4.90 Å². The molecule has 1 aliphatic heterocycles. The Morgan fingerprint density at radius 2 is 2.22 bits per heavy atom. The second-order valence-corrected chi connectivity index (χ2v) is 4.47. The van der Waals surface area contributed by atoms with E-state index in [-0.39, 0.29) is 5.56 Å². The number of nitrogens with zero attached hydrogens (tertiary/aromatic N) is 1. The van der Waals surface area contributed by atoms with Crippen LogP contribution in [0.4, 0.5) is 5.69 Å². The number of anilines is 1. The third-order valence-electron chi connectivity index (χ3n) is 3.07. The Morgan fingerprint density at radius 1 is 1.39 bits per heavy atom. The molecule has 5 heteroatoms. The van der Waals surface area contributed by atoms with Crippen molar-refractivity contribution in [1.29, 1.82) is 0 Å². The molecule has 3 N–H and O–H groups in total. The Hall–Kier alpha value is -1.59. The van der Waals surface area contributed by atoms with Crippen LogP contribution >= 0.6 is 0 Å². The molecule has 1 fully saturated rings. The van der Waals surface area contributed by atoms with Gasteiger partial charge in [0.1, 0.15) is 0 Å². The fourth-order valence-electron chi connectivity index (χ4n) is 2.10. The Labute approximate surface area is 106 Å². The van der Waals surface area contributed by atoms with Crippen molar-refractivity contribution in [3.63, 3.8) is 0 Å². The molecule has 18 heavy (non-hydrogen) atoms. The van der Waals surface area contributed by atoms with Crippen LogP contribution in [0, 0.1) is 0 Å². The normalized spacial score (nSPS) is 17.3. The zero-order valence-corrected chi connectivity index (χ0v) is 10.3. The SMILES string of the molecule is Nc1ccc(CN2CCCOCC2)cc1C(=O)O. The van der Waals surface area contributed by atoms with E-state index in [1.807, 2.05) is 6.07 Å². The number of benzene rings is 1. The largest absolute Gasteiger partial charge is 0.478 e. The number of nitrogens with two attached hydrogens (primary N) is 1. The van der Waals surface area contributed by atoms with Crippen molar-refractivity contribution < 1.29 is 14.6 Å². The van der Waals surface area contributed by atoms with Crippen LogP contribution in [-0.4, -0.2) is 42.3 Å². The van der Waals surface area contributed by atoms with Crippen molar-refractivity contribution in [3.8, 4) is 0 Å². The predicted octanol–water partition coefficient (Wildman–Crippen LogP) is 1.19. The number of hydrogen-bond acceptors (Lipinski definition) is 4. The molecule has 0 amide bonds. The molecule has 2 rings (SSSR count). The first-order chi connectivity index (χ1) is 8.66. The van der Waals surface area contributed by atoms with Gasteiger partial charge >= 0.3 is 5.97 Å². The molecular weight excluding hydrogens is 232 g/mol. The van der Waals surface area contributed by atoms with Gasteiger partial charge in [0.15, 0.2) is 0 Å². The molecule has 5 nitrogen and oxygen atoms in total. The van der Waals surface area contributed by atoms with Gasteiger partial charge < -0.3 is 15.6 Å². The number of aromatic carboxylic acids is 1. The molecule has 0 aromatic heterocycles. The Balaban J connectivity index is 2.08. The lowest BCUT2D eigenvalue weighted by atomic mass is 10.1. The summed E-state index contributed by atoms with van der Waals surface area (Å²) in [5, 5.41) is 9.03. The highest BCUT2D eigenvalue weighted by Gasteiger charge is 2.12. The number of hydrogen-bond donors (Lipinski definition) is 2. The summed E-state index contributed by atoms with van der Waals surface area (Å²) in [5.41, 5.74) is 7.10. The van der Waals surface area contributed by atoms with Crippen LogP contribution < -0.4 is 5.73 Å². The summed E-state index contributed by atoms with van der Waals surface area (Å²) in [7, 11) is 0. The van der Waals surface area contributed by atoms with E-state index in [9.17, 15) is 4.79 Å². The van der Waals surface area contributed by atoms with E-state index in [0.717, 1.165) is 44.8 Å². The monoisotopic (exact) mass is 250 g/mol. The minimum absolute atomic E-state index is 0.179. The maximum Gasteiger partial charge on any atom is 0.337 e. The molecule has 1 aliphatic rings. The topological polar surface area (TPSA) is 75.8 Å². The number of rotatable bonds is 3. The molecule has 0 atom stereocenters. The molecule has 0 spiro atoms.